The number of hydrogen-bond donors (Lipinski definition) is 0. The summed E-state index contributed by atoms with van der Waals surface area (Å²) in [6, 6.07) is 6.93. The fourth-order valence-corrected chi connectivity index (χ4v) is 5.12. The van der Waals surface area contributed by atoms with Gasteiger partial charge in [0.15, 0.2) is 0 Å². The normalized spacial score (nSPS) is 13.8. The highest BCUT2D eigenvalue weighted by molar-refractivity contribution is 7.99. The molecule has 3 heterocycles. The van der Waals surface area contributed by atoms with Crippen molar-refractivity contribution in [2.75, 3.05) is 5.88 Å². The highest BCUT2D eigenvalue weighted by Crippen LogP contribution is 2.36. The molecule has 126 valence electrons. The predicted molar refractivity (Wildman–Crippen MR) is 99.3 cm³/mol. The number of hydrogen-bond acceptors (Lipinski definition) is 6. The van der Waals surface area contributed by atoms with Crippen LogP contribution >= 0.6 is 23.1 Å². The number of imide groups is 1. The summed E-state index contributed by atoms with van der Waals surface area (Å²) in [5.41, 5.74) is 2.10. The van der Waals surface area contributed by atoms with Crippen LogP contribution in [0.25, 0.3) is 10.2 Å². The second-order valence-corrected chi connectivity index (χ2v) is 8.03. The Labute approximate surface area is 153 Å². The van der Waals surface area contributed by atoms with E-state index in [1.165, 1.54) is 21.5 Å². The summed E-state index contributed by atoms with van der Waals surface area (Å²) in [5.74, 6) is 0.451. The van der Waals surface area contributed by atoms with Gasteiger partial charge in [0, 0.05) is 10.3 Å². The molecule has 0 N–H and O–H groups in total. The first kappa shape index (κ1) is 16.2. The number of benzene rings is 1. The van der Waals surface area contributed by atoms with Crippen LogP contribution in [0.3, 0.4) is 0 Å². The maximum Gasteiger partial charge on any atom is 0.262 e. The molecule has 0 radical (unpaired) electrons. The van der Waals surface area contributed by atoms with Crippen molar-refractivity contribution < 1.29 is 9.59 Å². The molecule has 1 aliphatic rings. The first-order valence-electron chi connectivity index (χ1n) is 7.79. The smallest absolute Gasteiger partial charge is 0.262 e. The van der Waals surface area contributed by atoms with Crippen LogP contribution in [0.2, 0.25) is 0 Å². The van der Waals surface area contributed by atoms with Crippen molar-refractivity contribution in [2.24, 2.45) is 0 Å². The van der Waals surface area contributed by atoms with Crippen LogP contribution in [0.5, 0.6) is 0 Å². The lowest BCUT2D eigenvalue weighted by Gasteiger charge is -2.13. The van der Waals surface area contributed by atoms with E-state index in [1.54, 1.807) is 35.6 Å². The molecule has 1 aliphatic heterocycles. The molecular formula is C18H15N3O2S2. The highest BCUT2D eigenvalue weighted by Gasteiger charge is 2.35. The van der Waals surface area contributed by atoms with Crippen molar-refractivity contribution >= 4 is 45.1 Å². The molecule has 4 rings (SSSR count). The summed E-state index contributed by atoms with van der Waals surface area (Å²) in [7, 11) is 0. The number of aromatic nitrogens is 2. The zero-order valence-corrected chi connectivity index (χ0v) is 15.6. The molecule has 1 aromatic carbocycles. The maximum absolute atomic E-state index is 12.5. The monoisotopic (exact) mass is 369 g/mol. The van der Waals surface area contributed by atoms with Crippen LogP contribution in [0, 0.1) is 20.8 Å². The van der Waals surface area contributed by atoms with Crippen molar-refractivity contribution in [2.45, 2.75) is 25.8 Å². The quantitative estimate of drug-likeness (QED) is 0.397. The van der Waals surface area contributed by atoms with E-state index in [0.29, 0.717) is 17.0 Å². The lowest BCUT2D eigenvalue weighted by atomic mass is 10.1. The van der Waals surface area contributed by atoms with Crippen LogP contribution in [-0.4, -0.2) is 32.6 Å². The van der Waals surface area contributed by atoms with Crippen molar-refractivity contribution in [3.8, 4) is 0 Å². The molecule has 3 aromatic rings. The van der Waals surface area contributed by atoms with Gasteiger partial charge in [0.05, 0.1) is 17.0 Å². The Morgan fingerprint density at radius 3 is 2.32 bits per heavy atom. The summed E-state index contributed by atoms with van der Waals surface area (Å²) in [4.78, 5) is 37.5. The van der Waals surface area contributed by atoms with Gasteiger partial charge in [-0.25, -0.2) is 9.97 Å². The van der Waals surface area contributed by atoms with Gasteiger partial charge in [0.25, 0.3) is 11.8 Å². The SMILES string of the molecule is Cc1nc(SCN2C(=O)c3ccccc3C2=O)c2c(C)c(C)sc2n1. The third kappa shape index (κ3) is 2.54. The van der Waals surface area contributed by atoms with Crippen molar-refractivity contribution in [3.05, 3.63) is 51.7 Å². The van der Waals surface area contributed by atoms with E-state index >= 15 is 0 Å². The van der Waals surface area contributed by atoms with E-state index < -0.39 is 0 Å². The Balaban J connectivity index is 1.66. The molecule has 7 heteroatoms. The van der Waals surface area contributed by atoms with Gasteiger partial charge in [0.1, 0.15) is 15.7 Å². The van der Waals surface area contributed by atoms with Crippen molar-refractivity contribution in [3.63, 3.8) is 0 Å². The fraction of sp³-hybridized carbons (Fsp3) is 0.222. The van der Waals surface area contributed by atoms with E-state index in [9.17, 15) is 9.59 Å². The number of nitrogens with zero attached hydrogens (tertiary/aromatic N) is 3. The topological polar surface area (TPSA) is 63.2 Å². The van der Waals surface area contributed by atoms with E-state index in [-0.39, 0.29) is 17.7 Å². The number of carbonyl (C=O) groups is 2. The fourth-order valence-electron chi connectivity index (χ4n) is 2.90. The van der Waals surface area contributed by atoms with Gasteiger partial charge in [-0.05, 0) is 38.5 Å². The second kappa shape index (κ2) is 5.93. The Morgan fingerprint density at radius 1 is 1.04 bits per heavy atom. The molecule has 0 bridgehead atoms. The van der Waals surface area contributed by atoms with Crippen LogP contribution in [0.4, 0.5) is 0 Å². The lowest BCUT2D eigenvalue weighted by molar-refractivity contribution is 0.0684. The first-order chi connectivity index (χ1) is 12.0. The van der Waals surface area contributed by atoms with Gasteiger partial charge in [-0.3, -0.25) is 14.5 Å². The number of rotatable bonds is 3. The number of amides is 2. The minimum Gasteiger partial charge on any atom is -0.269 e. The molecule has 0 aliphatic carbocycles. The summed E-state index contributed by atoms with van der Waals surface area (Å²) < 4.78 is 0. The number of aryl methyl sites for hydroxylation is 3. The van der Waals surface area contributed by atoms with Crippen LogP contribution in [-0.2, 0) is 0 Å². The van der Waals surface area contributed by atoms with E-state index in [0.717, 1.165) is 20.8 Å². The molecule has 0 saturated carbocycles. The molecule has 0 atom stereocenters. The number of thiophene rings is 1. The second-order valence-electron chi connectivity index (χ2n) is 5.90. The van der Waals surface area contributed by atoms with Crippen LogP contribution < -0.4 is 0 Å². The predicted octanol–water partition coefficient (Wildman–Crippen LogP) is 3.96. The standard InChI is InChI=1S/C18H15N3O2S2/c1-9-10(2)25-16-14(9)15(19-11(3)20-16)24-8-21-17(22)12-6-4-5-7-13(12)18(21)23/h4-7H,8H2,1-3H3. The van der Waals surface area contributed by atoms with Gasteiger partial charge >= 0.3 is 0 Å². The minimum atomic E-state index is -0.242. The zero-order chi connectivity index (χ0) is 17.7. The van der Waals surface area contributed by atoms with Gasteiger partial charge in [-0.15, -0.1) is 11.3 Å². The molecule has 2 aromatic heterocycles. The van der Waals surface area contributed by atoms with Gasteiger partial charge in [-0.2, -0.15) is 0 Å². The average Bonchev–Trinajstić information content (AvgIpc) is 3.00. The van der Waals surface area contributed by atoms with Crippen molar-refractivity contribution in [1.29, 1.82) is 0 Å². The molecule has 0 unspecified atom stereocenters. The Kier molecular flexibility index (Phi) is 3.85. The molecule has 0 fully saturated rings. The number of fused-ring (bicyclic) bond motifs is 2. The summed E-state index contributed by atoms with van der Waals surface area (Å²) >= 11 is 3.05. The largest absolute Gasteiger partial charge is 0.269 e. The van der Waals surface area contributed by atoms with Gasteiger partial charge < -0.3 is 0 Å². The van der Waals surface area contributed by atoms with E-state index in [4.69, 9.17) is 0 Å². The lowest BCUT2D eigenvalue weighted by Crippen LogP contribution is -2.29. The van der Waals surface area contributed by atoms with Crippen LogP contribution in [0.15, 0.2) is 29.3 Å². The highest BCUT2D eigenvalue weighted by atomic mass is 32.2. The summed E-state index contributed by atoms with van der Waals surface area (Å²) in [6.07, 6.45) is 0. The summed E-state index contributed by atoms with van der Waals surface area (Å²) in [6.45, 7) is 5.98. The molecule has 0 saturated heterocycles. The Hall–Kier alpha value is -2.25. The Morgan fingerprint density at radius 2 is 1.68 bits per heavy atom. The molecule has 25 heavy (non-hydrogen) atoms. The third-order valence-corrected chi connectivity index (χ3v) is 6.37. The molecule has 5 nitrogen and oxygen atoms in total. The van der Waals surface area contributed by atoms with E-state index in [1.807, 2.05) is 6.92 Å². The molecular weight excluding hydrogens is 354 g/mol. The van der Waals surface area contributed by atoms with Gasteiger partial charge in [0.2, 0.25) is 0 Å². The number of carbonyl (C=O) groups excluding carboxylic acids is 2. The first-order valence-corrected chi connectivity index (χ1v) is 9.60. The average molecular weight is 369 g/mol. The third-order valence-electron chi connectivity index (χ3n) is 4.32. The zero-order valence-electron chi connectivity index (χ0n) is 14.0. The molecule has 0 spiro atoms. The summed E-state index contributed by atoms with van der Waals surface area (Å²) in [5, 5.41) is 1.84. The van der Waals surface area contributed by atoms with Crippen LogP contribution in [0.1, 0.15) is 37.0 Å². The Bertz CT molecular complexity index is 1010. The van der Waals surface area contributed by atoms with E-state index in [2.05, 4.69) is 23.8 Å². The van der Waals surface area contributed by atoms with Gasteiger partial charge in [-0.1, -0.05) is 23.9 Å². The van der Waals surface area contributed by atoms with Crippen molar-refractivity contribution in [1.82, 2.24) is 14.9 Å². The minimum absolute atomic E-state index is 0.242. The molecule has 2 amide bonds. The maximum atomic E-state index is 12.5. The number of thioether (sulfide) groups is 1.